The van der Waals surface area contributed by atoms with Gasteiger partial charge in [0, 0.05) is 16.9 Å². The Balaban J connectivity index is 1.52. The number of aromatic nitrogens is 4. The van der Waals surface area contributed by atoms with Crippen LogP contribution in [0, 0.1) is 0 Å². The fourth-order valence-electron chi connectivity index (χ4n) is 3.32. The van der Waals surface area contributed by atoms with Gasteiger partial charge in [-0.25, -0.2) is 14.6 Å². The van der Waals surface area contributed by atoms with E-state index in [-0.39, 0.29) is 33.2 Å². The van der Waals surface area contributed by atoms with Crippen LogP contribution in [0.15, 0.2) is 38.0 Å². The highest BCUT2D eigenvalue weighted by molar-refractivity contribution is 8.01. The van der Waals surface area contributed by atoms with Crippen LogP contribution < -0.4 is 16.6 Å². The van der Waals surface area contributed by atoms with Gasteiger partial charge in [0.1, 0.15) is 29.0 Å². The first-order valence-electron chi connectivity index (χ1n) is 10.9. The van der Waals surface area contributed by atoms with Crippen LogP contribution in [-0.2, 0) is 24.0 Å². The van der Waals surface area contributed by atoms with E-state index in [1.54, 1.807) is 0 Å². The Morgan fingerprint density at radius 1 is 1.36 bits per heavy atom. The van der Waals surface area contributed by atoms with Gasteiger partial charge in [-0.1, -0.05) is 16.9 Å². The number of fused-ring (bicyclic) bond motifs is 1. The molecular formula is C20H20N8O8S3. The average Bonchev–Trinajstić information content (AvgIpc) is 3.30. The highest BCUT2D eigenvalue weighted by atomic mass is 32.2. The van der Waals surface area contributed by atoms with Crippen LogP contribution in [0.25, 0.3) is 0 Å². The molecule has 0 aliphatic carbocycles. The SMILES string of the molecule is CC(C)(ON=C(C(=O)NC1C(=O)N2C(C(=O)O)=C(CSc3nncc(=O)[nH]3)CS[C@H]12)c1csc(N)n1)C(=O)O. The van der Waals surface area contributed by atoms with Crippen molar-refractivity contribution in [1.82, 2.24) is 30.4 Å². The van der Waals surface area contributed by atoms with E-state index in [9.17, 15) is 34.2 Å². The molecule has 4 heterocycles. The third kappa shape index (κ3) is 5.88. The Morgan fingerprint density at radius 2 is 2.10 bits per heavy atom. The zero-order valence-electron chi connectivity index (χ0n) is 20.1. The van der Waals surface area contributed by atoms with Gasteiger partial charge in [-0.2, -0.15) is 5.10 Å². The maximum atomic E-state index is 13.1. The molecule has 1 saturated heterocycles. The van der Waals surface area contributed by atoms with Gasteiger partial charge in [-0.15, -0.1) is 28.2 Å². The van der Waals surface area contributed by atoms with Crippen molar-refractivity contribution in [3.05, 3.63) is 38.9 Å². The second-order valence-corrected chi connectivity index (χ2v) is 11.4. The van der Waals surface area contributed by atoms with Crippen LogP contribution in [0.1, 0.15) is 19.5 Å². The Hall–Kier alpha value is -3.97. The maximum Gasteiger partial charge on any atom is 0.352 e. The van der Waals surface area contributed by atoms with E-state index in [1.807, 2.05) is 0 Å². The predicted molar refractivity (Wildman–Crippen MR) is 139 cm³/mol. The lowest BCUT2D eigenvalue weighted by atomic mass is 10.0. The van der Waals surface area contributed by atoms with Gasteiger partial charge in [0.15, 0.2) is 16.0 Å². The summed E-state index contributed by atoms with van der Waals surface area (Å²) in [5, 5.41) is 33.6. The zero-order chi connectivity index (χ0) is 28.5. The van der Waals surface area contributed by atoms with Crippen molar-refractivity contribution >= 4 is 69.5 Å². The molecular weight excluding hydrogens is 576 g/mol. The zero-order valence-corrected chi connectivity index (χ0v) is 22.6. The minimum absolute atomic E-state index is 0.00333. The highest BCUT2D eigenvalue weighted by Crippen LogP contribution is 2.41. The Bertz CT molecular complexity index is 1470. The van der Waals surface area contributed by atoms with E-state index in [0.29, 0.717) is 5.57 Å². The Kier molecular flexibility index (Phi) is 7.93. The molecule has 2 amide bonds. The van der Waals surface area contributed by atoms with Crippen LogP contribution in [0.5, 0.6) is 0 Å². The fourth-order valence-corrected chi connectivity index (χ4v) is 6.17. The van der Waals surface area contributed by atoms with Crippen molar-refractivity contribution in [2.24, 2.45) is 5.16 Å². The number of rotatable bonds is 10. The number of carbonyl (C=O) groups is 4. The lowest BCUT2D eigenvalue weighted by Gasteiger charge is -2.49. The lowest BCUT2D eigenvalue weighted by molar-refractivity contribution is -0.161. The van der Waals surface area contributed by atoms with Crippen LogP contribution in [0.4, 0.5) is 5.13 Å². The molecule has 4 rings (SSSR count). The highest BCUT2D eigenvalue weighted by Gasteiger charge is 2.54. The van der Waals surface area contributed by atoms with E-state index in [0.717, 1.165) is 34.2 Å². The molecule has 2 atom stereocenters. The number of thioether (sulfide) groups is 2. The molecule has 39 heavy (non-hydrogen) atoms. The number of hydrogen-bond donors (Lipinski definition) is 5. The maximum absolute atomic E-state index is 13.1. The van der Waals surface area contributed by atoms with Gasteiger partial charge in [-0.05, 0) is 19.4 Å². The van der Waals surface area contributed by atoms with Crippen LogP contribution in [0.3, 0.4) is 0 Å². The number of thiazole rings is 1. The predicted octanol–water partition coefficient (Wildman–Crippen LogP) is -0.682. The van der Waals surface area contributed by atoms with E-state index in [1.165, 1.54) is 31.0 Å². The second-order valence-electron chi connectivity index (χ2n) is 8.46. The molecule has 0 spiro atoms. The molecule has 2 aromatic heterocycles. The van der Waals surface area contributed by atoms with Gasteiger partial charge >= 0.3 is 11.9 Å². The van der Waals surface area contributed by atoms with Crippen LogP contribution >= 0.6 is 34.9 Å². The monoisotopic (exact) mass is 596 g/mol. The number of anilines is 1. The molecule has 2 aliphatic rings. The Labute approximate surface area is 231 Å². The van der Waals surface area contributed by atoms with Crippen LogP contribution in [0.2, 0.25) is 0 Å². The molecule has 16 nitrogen and oxygen atoms in total. The first kappa shape index (κ1) is 28.0. The first-order valence-corrected chi connectivity index (χ1v) is 13.8. The summed E-state index contributed by atoms with van der Waals surface area (Å²) in [6.45, 7) is 2.46. The number of hydrogen-bond acceptors (Lipinski definition) is 14. The molecule has 0 saturated carbocycles. The lowest BCUT2D eigenvalue weighted by Crippen LogP contribution is -2.71. The number of nitrogen functional groups attached to an aromatic ring is 1. The van der Waals surface area contributed by atoms with E-state index < -0.39 is 52.0 Å². The molecule has 19 heteroatoms. The van der Waals surface area contributed by atoms with Gasteiger partial charge in [0.05, 0.1) is 0 Å². The van der Waals surface area contributed by atoms with Gasteiger partial charge in [-0.3, -0.25) is 24.3 Å². The van der Waals surface area contributed by atoms with Gasteiger partial charge in [0.25, 0.3) is 17.4 Å². The number of carboxylic acids is 2. The number of nitrogens with two attached hydrogens (primary N) is 1. The molecule has 1 fully saturated rings. The average molecular weight is 597 g/mol. The number of carbonyl (C=O) groups excluding carboxylic acids is 2. The Morgan fingerprint density at radius 3 is 2.72 bits per heavy atom. The number of H-pyrrole nitrogens is 1. The number of β-lactam (4-membered cyclic amide) rings is 1. The minimum Gasteiger partial charge on any atom is -0.478 e. The summed E-state index contributed by atoms with van der Waals surface area (Å²) in [5.41, 5.74) is 3.21. The summed E-state index contributed by atoms with van der Waals surface area (Å²) in [6, 6.07) is -1.10. The molecule has 6 N–H and O–H groups in total. The van der Waals surface area contributed by atoms with E-state index in [4.69, 9.17) is 10.6 Å². The smallest absolute Gasteiger partial charge is 0.352 e. The quantitative estimate of drug-likeness (QED) is 0.0987. The summed E-state index contributed by atoms with van der Waals surface area (Å²) in [4.78, 5) is 73.6. The van der Waals surface area contributed by atoms with Crippen molar-refractivity contribution in [2.45, 2.75) is 36.0 Å². The number of amides is 2. The number of nitrogens with one attached hydrogen (secondary N) is 2. The van der Waals surface area contributed by atoms with Crippen molar-refractivity contribution < 1.29 is 34.2 Å². The standard InChI is InChI=1S/C20H20N8O8S3/c1-20(2,17(34)35)36-27-10(8-6-38-18(21)23-8)13(30)25-11-14(31)28-12(16(32)33)7(4-37-15(11)28)5-39-19-24-9(29)3-22-26-19/h3,6,11,15H,4-5H2,1-2H3,(H2,21,23)(H,25,30)(H,32,33)(H,34,35)(H,24,26,29)/t11?,15-/m1/s1. The van der Waals surface area contributed by atoms with E-state index in [2.05, 4.69) is 30.6 Å². The number of oxime groups is 1. The van der Waals surface area contributed by atoms with Gasteiger partial charge in [0.2, 0.25) is 5.60 Å². The summed E-state index contributed by atoms with van der Waals surface area (Å²) < 4.78 is 0. The fraction of sp³-hybridized carbons (Fsp3) is 0.350. The van der Waals surface area contributed by atoms with Crippen LogP contribution in [-0.4, -0.2) is 93.3 Å². The molecule has 2 aliphatic heterocycles. The third-order valence-electron chi connectivity index (χ3n) is 5.33. The molecule has 206 valence electrons. The first-order chi connectivity index (χ1) is 18.4. The van der Waals surface area contributed by atoms with E-state index >= 15 is 0 Å². The summed E-state index contributed by atoms with van der Waals surface area (Å²) in [6.07, 6.45) is 0.999. The molecule has 2 aromatic rings. The minimum atomic E-state index is -1.77. The largest absolute Gasteiger partial charge is 0.478 e. The van der Waals surface area contributed by atoms with Gasteiger partial charge < -0.3 is 26.1 Å². The normalized spacial score (nSPS) is 19.3. The topological polar surface area (TPSA) is 243 Å². The van der Waals surface area contributed by atoms with Crippen molar-refractivity contribution in [3.8, 4) is 0 Å². The van der Waals surface area contributed by atoms with Crippen molar-refractivity contribution in [2.75, 3.05) is 17.2 Å². The molecule has 0 aromatic carbocycles. The molecule has 0 radical (unpaired) electrons. The second kappa shape index (κ2) is 11.0. The number of aliphatic carboxylic acids is 2. The number of carboxylic acid groups (broad SMARTS) is 2. The summed E-state index contributed by atoms with van der Waals surface area (Å²) >= 11 is 3.30. The van der Waals surface area contributed by atoms with Crippen molar-refractivity contribution in [1.29, 1.82) is 0 Å². The van der Waals surface area contributed by atoms with Crippen molar-refractivity contribution in [3.63, 3.8) is 0 Å². The summed E-state index contributed by atoms with van der Waals surface area (Å²) in [5.74, 6) is -3.88. The molecule has 0 bridgehead atoms. The summed E-state index contributed by atoms with van der Waals surface area (Å²) in [7, 11) is 0. The third-order valence-corrected chi connectivity index (χ3v) is 8.30. The molecule has 1 unspecified atom stereocenters. The number of nitrogens with zero attached hydrogens (tertiary/aromatic N) is 5. The number of aromatic amines is 1.